The van der Waals surface area contributed by atoms with Gasteiger partial charge in [0.15, 0.2) is 17.3 Å². The molecule has 0 saturated carbocycles. The van der Waals surface area contributed by atoms with Gasteiger partial charge >= 0.3 is 0 Å². The van der Waals surface area contributed by atoms with Crippen LogP contribution in [0.3, 0.4) is 0 Å². The third-order valence-corrected chi connectivity index (χ3v) is 3.81. The Morgan fingerprint density at radius 1 is 1.10 bits per heavy atom. The van der Waals surface area contributed by atoms with E-state index in [1.165, 1.54) is 5.56 Å². The van der Waals surface area contributed by atoms with Gasteiger partial charge in [0.1, 0.15) is 5.82 Å². The topological polar surface area (TPSA) is 56.3 Å². The molecule has 1 aromatic heterocycles. The molecule has 0 spiro atoms. The van der Waals surface area contributed by atoms with Crippen LogP contribution < -0.4 is 14.8 Å². The van der Waals surface area contributed by atoms with Crippen LogP contribution in [0.2, 0.25) is 0 Å². The van der Waals surface area contributed by atoms with E-state index in [9.17, 15) is 0 Å². The molecule has 0 atom stereocenters. The maximum absolute atomic E-state index is 5.49. The molecule has 0 aliphatic heterocycles. The Kier molecular flexibility index (Phi) is 3.64. The average Bonchev–Trinajstić information content (AvgIpc) is 3.01. The first-order valence-corrected chi connectivity index (χ1v) is 7.07. The molecule has 1 aliphatic carbocycles. The summed E-state index contributed by atoms with van der Waals surface area (Å²) in [5, 5.41) is 3.18. The van der Waals surface area contributed by atoms with Crippen molar-refractivity contribution >= 4 is 5.82 Å². The van der Waals surface area contributed by atoms with Gasteiger partial charge in [-0.15, -0.1) is 0 Å². The summed E-state index contributed by atoms with van der Waals surface area (Å²) in [6, 6.07) is 5.75. The number of aromatic nitrogens is 2. The second-order valence-electron chi connectivity index (χ2n) is 4.97. The largest absolute Gasteiger partial charge is 0.493 e. The Bertz CT molecular complexity index is 671. The highest BCUT2D eigenvalue weighted by atomic mass is 16.5. The number of hydrogen-bond donors (Lipinski definition) is 1. The summed E-state index contributed by atoms with van der Waals surface area (Å²) < 4.78 is 10.8. The number of nitrogens with zero attached hydrogens (tertiary/aromatic N) is 2. The van der Waals surface area contributed by atoms with E-state index < -0.39 is 0 Å². The summed E-state index contributed by atoms with van der Waals surface area (Å²) in [7, 11) is 5.16. The molecule has 2 aromatic rings. The first-order chi connectivity index (χ1) is 10.3. The van der Waals surface area contributed by atoms with Crippen LogP contribution in [-0.2, 0) is 12.8 Å². The molecule has 1 aromatic carbocycles. The summed E-state index contributed by atoms with van der Waals surface area (Å²) in [6.45, 7) is 0. The fraction of sp³-hybridized carbons (Fsp3) is 0.375. The Morgan fingerprint density at radius 2 is 1.95 bits per heavy atom. The summed E-state index contributed by atoms with van der Waals surface area (Å²) in [5.74, 6) is 2.94. The van der Waals surface area contributed by atoms with Gasteiger partial charge in [0.2, 0.25) is 0 Å². The van der Waals surface area contributed by atoms with Gasteiger partial charge in [-0.3, -0.25) is 0 Å². The molecule has 0 fully saturated rings. The number of benzene rings is 1. The smallest absolute Gasteiger partial charge is 0.171 e. The molecule has 110 valence electrons. The Balaban J connectivity index is 2.17. The first kappa shape index (κ1) is 13.7. The van der Waals surface area contributed by atoms with Crippen molar-refractivity contribution in [2.75, 3.05) is 26.6 Å². The number of aryl methyl sites for hydroxylation is 1. The van der Waals surface area contributed by atoms with Gasteiger partial charge in [-0.05, 0) is 31.4 Å². The lowest BCUT2D eigenvalue weighted by atomic mass is 10.1. The molecule has 0 saturated heterocycles. The Morgan fingerprint density at radius 3 is 2.67 bits per heavy atom. The molecule has 3 rings (SSSR count). The minimum absolute atomic E-state index is 0.667. The number of ether oxygens (including phenoxy) is 2. The third-order valence-electron chi connectivity index (χ3n) is 3.81. The van der Waals surface area contributed by atoms with Gasteiger partial charge in [-0.25, -0.2) is 9.97 Å². The second kappa shape index (κ2) is 5.60. The summed E-state index contributed by atoms with van der Waals surface area (Å²) in [4.78, 5) is 9.39. The molecule has 21 heavy (non-hydrogen) atoms. The lowest BCUT2D eigenvalue weighted by Gasteiger charge is -2.14. The van der Waals surface area contributed by atoms with Crippen LogP contribution in [0.1, 0.15) is 17.7 Å². The first-order valence-electron chi connectivity index (χ1n) is 7.07. The molecule has 0 amide bonds. The number of fused-ring (bicyclic) bond motifs is 1. The molecule has 1 aliphatic rings. The highest BCUT2D eigenvalue weighted by molar-refractivity contribution is 5.70. The minimum atomic E-state index is 0.667. The van der Waals surface area contributed by atoms with Gasteiger partial charge in [0.05, 0.1) is 19.8 Å². The van der Waals surface area contributed by atoms with Crippen LogP contribution in [0.15, 0.2) is 18.2 Å². The van der Waals surface area contributed by atoms with Crippen molar-refractivity contribution in [1.29, 1.82) is 0 Å². The van der Waals surface area contributed by atoms with Crippen molar-refractivity contribution < 1.29 is 9.47 Å². The van der Waals surface area contributed by atoms with Crippen LogP contribution in [0.4, 0.5) is 5.82 Å². The van der Waals surface area contributed by atoms with Crippen molar-refractivity contribution in [2.24, 2.45) is 0 Å². The molecular weight excluding hydrogens is 266 g/mol. The third kappa shape index (κ3) is 2.28. The van der Waals surface area contributed by atoms with Crippen LogP contribution in [-0.4, -0.2) is 31.2 Å². The molecule has 0 bridgehead atoms. The van der Waals surface area contributed by atoms with Gasteiger partial charge in [0, 0.05) is 18.3 Å². The predicted octanol–water partition coefficient (Wildman–Crippen LogP) is 2.69. The molecule has 0 unspecified atom stereocenters. The van der Waals surface area contributed by atoms with Crippen molar-refractivity contribution in [3.05, 3.63) is 29.5 Å². The Hall–Kier alpha value is -2.30. The van der Waals surface area contributed by atoms with Gasteiger partial charge in [-0.2, -0.15) is 0 Å². The standard InChI is InChI=1S/C16H19N3O2/c1-17-15-10-6-4-8-12(10)18-16(19-15)11-7-5-9-13(20-2)14(11)21-3/h5,7,9H,4,6,8H2,1-3H3,(H,17,18,19). The van der Waals surface area contributed by atoms with E-state index in [-0.39, 0.29) is 0 Å². The average molecular weight is 285 g/mol. The monoisotopic (exact) mass is 285 g/mol. The lowest BCUT2D eigenvalue weighted by Crippen LogP contribution is -2.04. The number of hydrogen-bond acceptors (Lipinski definition) is 5. The SMILES string of the molecule is CNc1nc(-c2cccc(OC)c2OC)nc2c1CCC2. The Labute approximate surface area is 124 Å². The summed E-state index contributed by atoms with van der Waals surface area (Å²) >= 11 is 0. The number of methoxy groups -OCH3 is 2. The second-order valence-corrected chi connectivity index (χ2v) is 4.97. The van der Waals surface area contributed by atoms with Crippen LogP contribution in [0.5, 0.6) is 11.5 Å². The molecule has 1 N–H and O–H groups in total. The van der Waals surface area contributed by atoms with Crippen molar-refractivity contribution in [2.45, 2.75) is 19.3 Å². The highest BCUT2D eigenvalue weighted by Crippen LogP contribution is 2.38. The fourth-order valence-corrected chi connectivity index (χ4v) is 2.82. The van der Waals surface area contributed by atoms with E-state index >= 15 is 0 Å². The zero-order valence-corrected chi connectivity index (χ0v) is 12.6. The van der Waals surface area contributed by atoms with Crippen molar-refractivity contribution in [1.82, 2.24) is 9.97 Å². The zero-order chi connectivity index (χ0) is 14.8. The van der Waals surface area contributed by atoms with Crippen LogP contribution >= 0.6 is 0 Å². The molecular formula is C16H19N3O2. The predicted molar refractivity (Wildman–Crippen MR) is 82.1 cm³/mol. The van der Waals surface area contributed by atoms with E-state index in [1.807, 2.05) is 25.2 Å². The molecule has 5 heteroatoms. The quantitative estimate of drug-likeness (QED) is 0.936. The normalized spacial score (nSPS) is 12.9. The number of nitrogens with one attached hydrogen (secondary N) is 1. The van der Waals surface area contributed by atoms with Crippen LogP contribution in [0, 0.1) is 0 Å². The molecule has 5 nitrogen and oxygen atoms in total. The molecule has 1 heterocycles. The maximum Gasteiger partial charge on any atom is 0.171 e. The lowest BCUT2D eigenvalue weighted by molar-refractivity contribution is 0.356. The van der Waals surface area contributed by atoms with Gasteiger partial charge in [-0.1, -0.05) is 6.07 Å². The van der Waals surface area contributed by atoms with Crippen molar-refractivity contribution in [3.8, 4) is 22.9 Å². The van der Waals surface area contributed by atoms with E-state index in [1.54, 1.807) is 14.2 Å². The minimum Gasteiger partial charge on any atom is -0.493 e. The van der Waals surface area contributed by atoms with Crippen molar-refractivity contribution in [3.63, 3.8) is 0 Å². The van der Waals surface area contributed by atoms with E-state index in [0.29, 0.717) is 17.3 Å². The van der Waals surface area contributed by atoms with E-state index in [2.05, 4.69) is 10.3 Å². The van der Waals surface area contributed by atoms with Gasteiger partial charge in [0.25, 0.3) is 0 Å². The zero-order valence-electron chi connectivity index (χ0n) is 12.6. The highest BCUT2D eigenvalue weighted by Gasteiger charge is 2.21. The van der Waals surface area contributed by atoms with Gasteiger partial charge < -0.3 is 14.8 Å². The van der Waals surface area contributed by atoms with E-state index in [4.69, 9.17) is 14.5 Å². The number of rotatable bonds is 4. The van der Waals surface area contributed by atoms with Crippen LogP contribution in [0.25, 0.3) is 11.4 Å². The fourth-order valence-electron chi connectivity index (χ4n) is 2.82. The number of para-hydroxylation sites is 1. The number of anilines is 1. The summed E-state index contributed by atoms with van der Waals surface area (Å²) in [5.41, 5.74) is 3.22. The molecule has 0 radical (unpaired) electrons. The summed E-state index contributed by atoms with van der Waals surface area (Å²) in [6.07, 6.45) is 3.18. The maximum atomic E-state index is 5.49. The van der Waals surface area contributed by atoms with E-state index in [0.717, 1.165) is 36.3 Å².